The maximum absolute atomic E-state index is 12.5. The average Bonchev–Trinajstić information content (AvgIpc) is 2.80. The summed E-state index contributed by atoms with van der Waals surface area (Å²) in [6.07, 6.45) is 1.82. The van der Waals surface area contributed by atoms with Gasteiger partial charge in [-0.3, -0.25) is 4.79 Å². The predicted molar refractivity (Wildman–Crippen MR) is 125 cm³/mol. The molecule has 3 aromatic rings. The van der Waals surface area contributed by atoms with Crippen molar-refractivity contribution >= 4 is 23.1 Å². The van der Waals surface area contributed by atoms with E-state index in [9.17, 15) is 4.79 Å². The van der Waals surface area contributed by atoms with Gasteiger partial charge in [-0.15, -0.1) is 0 Å². The lowest BCUT2D eigenvalue weighted by atomic mass is 10.2. The quantitative estimate of drug-likeness (QED) is 0.643. The summed E-state index contributed by atoms with van der Waals surface area (Å²) in [7, 11) is 0. The standard InChI is InChI=1S/C25H28N4O2/c1-19(2)31-23-11-8-20(9-12-23)25(30)27-21-10-13-24(26-18-21)29-16-14-28(15-17-29)22-6-4-3-5-7-22/h3-13,18-19H,14-17H2,1-2H3,(H,27,30). The summed E-state index contributed by atoms with van der Waals surface area (Å²) in [5.41, 5.74) is 2.52. The largest absolute Gasteiger partial charge is 0.491 e. The fourth-order valence-electron chi connectivity index (χ4n) is 3.64. The first-order valence-corrected chi connectivity index (χ1v) is 10.7. The van der Waals surface area contributed by atoms with Gasteiger partial charge in [0, 0.05) is 37.4 Å². The van der Waals surface area contributed by atoms with E-state index in [-0.39, 0.29) is 12.0 Å². The molecule has 1 saturated heterocycles. The van der Waals surface area contributed by atoms with Crippen LogP contribution in [0.3, 0.4) is 0 Å². The van der Waals surface area contributed by atoms with Crippen LogP contribution >= 0.6 is 0 Å². The number of hydrogen-bond acceptors (Lipinski definition) is 5. The molecule has 6 nitrogen and oxygen atoms in total. The Hall–Kier alpha value is -3.54. The number of piperazine rings is 1. The first-order chi connectivity index (χ1) is 15.1. The Kier molecular flexibility index (Phi) is 6.36. The Balaban J connectivity index is 1.32. The molecule has 2 heterocycles. The molecule has 6 heteroatoms. The van der Waals surface area contributed by atoms with Crippen LogP contribution in [0.4, 0.5) is 17.2 Å². The van der Waals surface area contributed by atoms with Crippen LogP contribution in [-0.4, -0.2) is 43.2 Å². The van der Waals surface area contributed by atoms with E-state index < -0.39 is 0 Å². The van der Waals surface area contributed by atoms with Crippen LogP contribution in [0.1, 0.15) is 24.2 Å². The summed E-state index contributed by atoms with van der Waals surface area (Å²) in [5.74, 6) is 1.52. The van der Waals surface area contributed by atoms with Crippen LogP contribution < -0.4 is 19.9 Å². The number of nitrogens with one attached hydrogen (secondary N) is 1. The van der Waals surface area contributed by atoms with E-state index in [1.807, 2.05) is 44.2 Å². The first-order valence-electron chi connectivity index (χ1n) is 10.7. The van der Waals surface area contributed by atoms with Gasteiger partial charge < -0.3 is 19.9 Å². The van der Waals surface area contributed by atoms with Crippen LogP contribution in [-0.2, 0) is 0 Å². The lowest BCUT2D eigenvalue weighted by Crippen LogP contribution is -2.46. The van der Waals surface area contributed by atoms with Crippen molar-refractivity contribution in [2.75, 3.05) is 41.3 Å². The van der Waals surface area contributed by atoms with E-state index in [1.54, 1.807) is 18.3 Å². The summed E-state index contributed by atoms with van der Waals surface area (Å²) in [4.78, 5) is 21.7. The predicted octanol–water partition coefficient (Wildman–Crippen LogP) is 4.45. The van der Waals surface area contributed by atoms with Crippen molar-refractivity contribution in [2.45, 2.75) is 20.0 Å². The SMILES string of the molecule is CC(C)Oc1ccc(C(=O)Nc2ccc(N3CCN(c4ccccc4)CC3)nc2)cc1. The van der Waals surface area contributed by atoms with Gasteiger partial charge in [0.15, 0.2) is 0 Å². The Morgan fingerprint density at radius 1 is 0.903 bits per heavy atom. The number of hydrogen-bond donors (Lipinski definition) is 1. The van der Waals surface area contributed by atoms with Gasteiger partial charge in [0.05, 0.1) is 18.0 Å². The number of rotatable bonds is 6. The molecule has 1 aliphatic rings. The maximum Gasteiger partial charge on any atom is 0.255 e. The third kappa shape index (κ3) is 5.34. The fraction of sp³-hybridized carbons (Fsp3) is 0.280. The molecular formula is C25H28N4O2. The molecule has 1 amide bonds. The van der Waals surface area contributed by atoms with E-state index in [2.05, 4.69) is 44.4 Å². The van der Waals surface area contributed by atoms with Crippen LogP contribution in [0.25, 0.3) is 0 Å². The molecule has 1 N–H and O–H groups in total. The minimum atomic E-state index is -0.165. The zero-order valence-corrected chi connectivity index (χ0v) is 18.0. The van der Waals surface area contributed by atoms with E-state index in [0.717, 1.165) is 37.7 Å². The highest BCUT2D eigenvalue weighted by Gasteiger charge is 2.18. The second-order valence-corrected chi connectivity index (χ2v) is 7.86. The molecule has 0 saturated carbocycles. The molecule has 0 radical (unpaired) electrons. The summed E-state index contributed by atoms with van der Waals surface area (Å²) >= 11 is 0. The smallest absolute Gasteiger partial charge is 0.255 e. The number of benzene rings is 2. The number of carbonyl (C=O) groups excluding carboxylic acids is 1. The molecule has 0 bridgehead atoms. The highest BCUT2D eigenvalue weighted by atomic mass is 16.5. The minimum Gasteiger partial charge on any atom is -0.491 e. The molecule has 0 atom stereocenters. The third-order valence-corrected chi connectivity index (χ3v) is 5.22. The third-order valence-electron chi connectivity index (χ3n) is 5.22. The summed E-state index contributed by atoms with van der Waals surface area (Å²) in [6, 6.07) is 21.5. The Morgan fingerprint density at radius 3 is 2.19 bits per heavy atom. The molecule has 2 aromatic carbocycles. The van der Waals surface area contributed by atoms with Gasteiger partial charge in [0.1, 0.15) is 11.6 Å². The summed E-state index contributed by atoms with van der Waals surface area (Å²) in [6.45, 7) is 7.69. The van der Waals surface area contributed by atoms with Crippen molar-refractivity contribution in [3.63, 3.8) is 0 Å². The van der Waals surface area contributed by atoms with Crippen LogP contribution in [0, 0.1) is 0 Å². The van der Waals surface area contributed by atoms with Gasteiger partial charge in [0.25, 0.3) is 5.91 Å². The first kappa shape index (κ1) is 20.7. The highest BCUT2D eigenvalue weighted by Crippen LogP contribution is 2.20. The summed E-state index contributed by atoms with van der Waals surface area (Å²) in [5, 5.41) is 2.91. The van der Waals surface area contributed by atoms with Gasteiger partial charge >= 0.3 is 0 Å². The van der Waals surface area contributed by atoms with E-state index in [1.165, 1.54) is 5.69 Å². The van der Waals surface area contributed by atoms with Crippen molar-refractivity contribution < 1.29 is 9.53 Å². The Labute approximate surface area is 183 Å². The molecule has 31 heavy (non-hydrogen) atoms. The lowest BCUT2D eigenvalue weighted by Gasteiger charge is -2.36. The van der Waals surface area contributed by atoms with Crippen molar-refractivity contribution in [1.29, 1.82) is 0 Å². The van der Waals surface area contributed by atoms with Crippen molar-refractivity contribution in [2.24, 2.45) is 0 Å². The molecule has 0 aliphatic carbocycles. The number of anilines is 3. The Morgan fingerprint density at radius 2 is 1.58 bits per heavy atom. The topological polar surface area (TPSA) is 57.7 Å². The molecule has 4 rings (SSSR count). The van der Waals surface area contributed by atoms with Gasteiger partial charge in [0.2, 0.25) is 0 Å². The number of aromatic nitrogens is 1. The lowest BCUT2D eigenvalue weighted by molar-refractivity contribution is 0.102. The van der Waals surface area contributed by atoms with E-state index >= 15 is 0 Å². The second kappa shape index (κ2) is 9.51. The number of para-hydroxylation sites is 1. The zero-order chi connectivity index (χ0) is 21.6. The van der Waals surface area contributed by atoms with Gasteiger partial charge in [-0.05, 0) is 62.4 Å². The minimum absolute atomic E-state index is 0.102. The van der Waals surface area contributed by atoms with Crippen LogP contribution in [0.2, 0.25) is 0 Å². The van der Waals surface area contributed by atoms with Crippen molar-refractivity contribution in [1.82, 2.24) is 4.98 Å². The molecule has 1 aliphatic heterocycles. The van der Waals surface area contributed by atoms with Crippen LogP contribution in [0.15, 0.2) is 72.9 Å². The monoisotopic (exact) mass is 416 g/mol. The van der Waals surface area contributed by atoms with Crippen LogP contribution in [0.5, 0.6) is 5.75 Å². The number of ether oxygens (including phenoxy) is 1. The van der Waals surface area contributed by atoms with Crippen molar-refractivity contribution in [3.05, 3.63) is 78.5 Å². The van der Waals surface area contributed by atoms with Gasteiger partial charge in [-0.2, -0.15) is 0 Å². The van der Waals surface area contributed by atoms with E-state index in [0.29, 0.717) is 11.3 Å². The normalized spacial score (nSPS) is 13.9. The molecule has 0 spiro atoms. The molecular weight excluding hydrogens is 388 g/mol. The Bertz CT molecular complexity index is 980. The number of nitrogens with zero attached hydrogens (tertiary/aromatic N) is 3. The van der Waals surface area contributed by atoms with E-state index in [4.69, 9.17) is 4.74 Å². The molecule has 1 aromatic heterocycles. The molecule has 0 unspecified atom stereocenters. The van der Waals surface area contributed by atoms with Gasteiger partial charge in [-0.1, -0.05) is 18.2 Å². The number of pyridine rings is 1. The maximum atomic E-state index is 12.5. The second-order valence-electron chi connectivity index (χ2n) is 7.86. The number of carbonyl (C=O) groups is 1. The molecule has 1 fully saturated rings. The fourth-order valence-corrected chi connectivity index (χ4v) is 3.64. The van der Waals surface area contributed by atoms with Crippen molar-refractivity contribution in [3.8, 4) is 5.75 Å². The average molecular weight is 417 g/mol. The zero-order valence-electron chi connectivity index (χ0n) is 18.0. The number of amides is 1. The highest BCUT2D eigenvalue weighted by molar-refractivity contribution is 6.04. The summed E-state index contributed by atoms with van der Waals surface area (Å²) < 4.78 is 5.62. The molecule has 160 valence electrons. The van der Waals surface area contributed by atoms with Gasteiger partial charge in [-0.25, -0.2) is 4.98 Å².